The van der Waals surface area contributed by atoms with Gasteiger partial charge in [-0.2, -0.15) is 11.8 Å². The highest BCUT2D eigenvalue weighted by molar-refractivity contribution is 7.98. The zero-order valence-corrected chi connectivity index (χ0v) is 24.2. The molecule has 9 heteroatoms. The van der Waals surface area contributed by atoms with E-state index in [4.69, 9.17) is 4.74 Å². The van der Waals surface area contributed by atoms with Crippen LogP contribution in [0.25, 0.3) is 0 Å². The number of alkyl carbamates (subject to hydrolysis) is 1. The number of nitrogens with one attached hydrogen (secondary N) is 2. The molecule has 2 rings (SSSR count). The minimum atomic E-state index is -1.02. The molecule has 8 nitrogen and oxygen atoms in total. The van der Waals surface area contributed by atoms with E-state index in [0.29, 0.717) is 23.3 Å². The second kappa shape index (κ2) is 13.9. The van der Waals surface area contributed by atoms with Crippen molar-refractivity contribution >= 4 is 29.7 Å². The molecule has 1 aromatic carbocycles. The summed E-state index contributed by atoms with van der Waals surface area (Å²) in [7, 11) is 0. The Kier molecular flexibility index (Phi) is 11.6. The van der Waals surface area contributed by atoms with E-state index < -0.39 is 23.8 Å². The van der Waals surface area contributed by atoms with Gasteiger partial charge in [-0.3, -0.25) is 9.59 Å². The lowest BCUT2D eigenvalue weighted by Crippen LogP contribution is -2.58. The third kappa shape index (κ3) is 8.83. The molecule has 0 spiro atoms. The number of aryl methyl sites for hydroxylation is 1. The number of carbonyl (C=O) groups excluding carboxylic acids is 3. The second-order valence-electron chi connectivity index (χ2n) is 10.9. The van der Waals surface area contributed by atoms with Crippen molar-refractivity contribution in [3.63, 3.8) is 0 Å². The van der Waals surface area contributed by atoms with E-state index in [1.54, 1.807) is 62.6 Å². The highest BCUT2D eigenvalue weighted by Gasteiger charge is 2.43. The smallest absolute Gasteiger partial charge is 0.408 e. The number of hydrogen-bond acceptors (Lipinski definition) is 6. The molecular weight excluding hydrogens is 490 g/mol. The van der Waals surface area contributed by atoms with Crippen LogP contribution in [0.3, 0.4) is 0 Å². The van der Waals surface area contributed by atoms with E-state index in [0.717, 1.165) is 32.1 Å². The maximum atomic E-state index is 14.2. The number of thioether (sulfide) groups is 1. The monoisotopic (exact) mass is 535 g/mol. The normalized spacial score (nSPS) is 16.2. The van der Waals surface area contributed by atoms with Crippen LogP contribution in [0.2, 0.25) is 0 Å². The fourth-order valence-electron chi connectivity index (χ4n) is 4.45. The predicted octanol–water partition coefficient (Wildman–Crippen LogP) is 5.07. The van der Waals surface area contributed by atoms with Crippen molar-refractivity contribution in [2.24, 2.45) is 0 Å². The first-order chi connectivity index (χ1) is 17.4. The molecule has 1 fully saturated rings. The van der Waals surface area contributed by atoms with Crippen molar-refractivity contribution < 1.29 is 24.2 Å². The van der Waals surface area contributed by atoms with Gasteiger partial charge in [0.25, 0.3) is 0 Å². The first-order valence-corrected chi connectivity index (χ1v) is 14.7. The van der Waals surface area contributed by atoms with Gasteiger partial charge in [-0.05, 0) is 84.3 Å². The summed E-state index contributed by atoms with van der Waals surface area (Å²) in [6.07, 6.45) is 5.83. The topological polar surface area (TPSA) is 108 Å². The number of benzene rings is 1. The Morgan fingerprint density at radius 2 is 1.86 bits per heavy atom. The largest absolute Gasteiger partial charge is 0.507 e. The number of nitrogens with zero attached hydrogens (tertiary/aromatic N) is 1. The third-order valence-corrected chi connectivity index (χ3v) is 7.17. The molecule has 208 valence electrons. The van der Waals surface area contributed by atoms with E-state index in [1.807, 2.05) is 13.2 Å². The lowest BCUT2D eigenvalue weighted by atomic mass is 9.87. The highest BCUT2D eigenvalue weighted by atomic mass is 32.2. The SMILES string of the molecule is CCCC(C)NC(=O)C(c1cccc(C)c1O)N(C(=O)C(CCSC)NC(=O)OC(C)(C)C)C1CCC1. The molecule has 3 amide bonds. The molecule has 0 aliphatic heterocycles. The molecule has 1 aromatic rings. The molecule has 0 aromatic heterocycles. The summed E-state index contributed by atoms with van der Waals surface area (Å²) in [5, 5.41) is 16.8. The molecule has 37 heavy (non-hydrogen) atoms. The lowest BCUT2D eigenvalue weighted by Gasteiger charge is -2.44. The van der Waals surface area contributed by atoms with Crippen LogP contribution < -0.4 is 10.6 Å². The molecule has 1 aliphatic rings. The van der Waals surface area contributed by atoms with Gasteiger partial charge >= 0.3 is 6.09 Å². The number of rotatable bonds is 12. The first-order valence-electron chi connectivity index (χ1n) is 13.3. The third-order valence-electron chi connectivity index (χ3n) is 6.52. The van der Waals surface area contributed by atoms with E-state index >= 15 is 0 Å². The Hall–Kier alpha value is -2.42. The number of amides is 3. The minimum absolute atomic E-state index is 0.00341. The van der Waals surface area contributed by atoms with Crippen LogP contribution in [0.4, 0.5) is 4.79 Å². The molecule has 3 unspecified atom stereocenters. The van der Waals surface area contributed by atoms with Crippen molar-refractivity contribution in [3.05, 3.63) is 29.3 Å². The van der Waals surface area contributed by atoms with Gasteiger partial charge in [0.1, 0.15) is 23.4 Å². The molecule has 1 aliphatic carbocycles. The summed E-state index contributed by atoms with van der Waals surface area (Å²) < 4.78 is 5.44. The number of carbonyl (C=O) groups is 3. The predicted molar refractivity (Wildman–Crippen MR) is 149 cm³/mol. The lowest BCUT2D eigenvalue weighted by molar-refractivity contribution is -0.147. The second-order valence-corrected chi connectivity index (χ2v) is 11.9. The van der Waals surface area contributed by atoms with Gasteiger partial charge in [0.2, 0.25) is 11.8 Å². The molecule has 0 bridgehead atoms. The number of aromatic hydroxyl groups is 1. The Morgan fingerprint density at radius 3 is 2.41 bits per heavy atom. The molecule has 1 saturated carbocycles. The summed E-state index contributed by atoms with van der Waals surface area (Å²) in [6, 6.07) is 3.13. The molecule has 0 saturated heterocycles. The van der Waals surface area contributed by atoms with E-state index in [2.05, 4.69) is 17.6 Å². The van der Waals surface area contributed by atoms with E-state index in [9.17, 15) is 19.5 Å². The van der Waals surface area contributed by atoms with Crippen LogP contribution in [-0.2, 0) is 14.3 Å². The van der Waals surface area contributed by atoms with Gasteiger partial charge in [-0.25, -0.2) is 4.79 Å². The van der Waals surface area contributed by atoms with Crippen molar-refractivity contribution in [3.8, 4) is 5.75 Å². The van der Waals surface area contributed by atoms with Crippen LogP contribution in [-0.4, -0.2) is 63.6 Å². The Bertz CT molecular complexity index is 929. The fourth-order valence-corrected chi connectivity index (χ4v) is 4.92. The summed E-state index contributed by atoms with van der Waals surface area (Å²) in [5.41, 5.74) is 0.307. The zero-order chi connectivity index (χ0) is 27.8. The maximum absolute atomic E-state index is 14.2. The van der Waals surface area contributed by atoms with Crippen molar-refractivity contribution in [1.82, 2.24) is 15.5 Å². The van der Waals surface area contributed by atoms with Crippen molar-refractivity contribution in [2.75, 3.05) is 12.0 Å². The quantitative estimate of drug-likeness (QED) is 0.345. The van der Waals surface area contributed by atoms with Crippen molar-refractivity contribution in [1.29, 1.82) is 0 Å². The van der Waals surface area contributed by atoms with Gasteiger partial charge in [-0.1, -0.05) is 31.5 Å². The summed E-state index contributed by atoms with van der Waals surface area (Å²) in [6.45, 7) is 11.1. The number of ether oxygens (including phenoxy) is 1. The Balaban J connectivity index is 2.52. The molecule has 3 N–H and O–H groups in total. The highest BCUT2D eigenvalue weighted by Crippen LogP contribution is 2.38. The van der Waals surface area contributed by atoms with Crippen LogP contribution in [0.1, 0.15) is 90.3 Å². The Morgan fingerprint density at radius 1 is 1.19 bits per heavy atom. The zero-order valence-electron chi connectivity index (χ0n) is 23.4. The van der Waals surface area contributed by atoms with Crippen molar-refractivity contribution in [2.45, 2.75) is 110 Å². The van der Waals surface area contributed by atoms with Gasteiger partial charge in [-0.15, -0.1) is 0 Å². The maximum Gasteiger partial charge on any atom is 0.408 e. The fraction of sp³-hybridized carbons (Fsp3) is 0.679. The van der Waals surface area contributed by atoms with Gasteiger partial charge in [0.05, 0.1) is 0 Å². The molecular formula is C28H45N3O5S. The van der Waals surface area contributed by atoms with Gasteiger partial charge in [0.15, 0.2) is 0 Å². The molecule has 0 heterocycles. The van der Waals surface area contributed by atoms with E-state index in [1.165, 1.54) is 0 Å². The van der Waals surface area contributed by atoms with Crippen LogP contribution in [0.15, 0.2) is 18.2 Å². The molecule has 3 atom stereocenters. The Labute approximate surface area is 226 Å². The van der Waals surface area contributed by atoms with Gasteiger partial charge < -0.3 is 25.4 Å². The standard InChI is InChI=1S/C28H45N3O5S/c1-8-11-19(3)29-25(33)23(21-15-9-12-18(2)24(21)32)31(20-13-10-14-20)26(34)22(16-17-37-7)30-27(35)36-28(4,5)6/h9,12,15,19-20,22-23,32H,8,10-11,13-14,16-17H2,1-7H3,(H,29,33)(H,30,35). The minimum Gasteiger partial charge on any atom is -0.507 e. The number of phenols is 1. The first kappa shape index (κ1) is 30.8. The summed E-state index contributed by atoms with van der Waals surface area (Å²) in [4.78, 5) is 42.3. The average molecular weight is 536 g/mol. The van der Waals surface area contributed by atoms with E-state index in [-0.39, 0.29) is 29.6 Å². The summed E-state index contributed by atoms with van der Waals surface area (Å²) >= 11 is 1.57. The summed E-state index contributed by atoms with van der Waals surface area (Å²) in [5.74, 6) is -0.0226. The van der Waals surface area contributed by atoms with Crippen LogP contribution in [0.5, 0.6) is 5.75 Å². The van der Waals surface area contributed by atoms with Crippen LogP contribution in [0, 0.1) is 6.92 Å². The number of para-hydroxylation sites is 1. The molecule has 0 radical (unpaired) electrons. The van der Waals surface area contributed by atoms with Gasteiger partial charge in [0, 0.05) is 17.6 Å². The van der Waals surface area contributed by atoms with Crippen LogP contribution >= 0.6 is 11.8 Å². The number of hydrogen-bond donors (Lipinski definition) is 3. The number of phenolic OH excluding ortho intramolecular Hbond substituents is 1. The average Bonchev–Trinajstić information content (AvgIpc) is 2.76.